The van der Waals surface area contributed by atoms with Gasteiger partial charge < -0.3 is 24.0 Å². The van der Waals surface area contributed by atoms with Gasteiger partial charge in [-0.1, -0.05) is 26.0 Å². The van der Waals surface area contributed by atoms with Gasteiger partial charge >= 0.3 is 5.97 Å². The summed E-state index contributed by atoms with van der Waals surface area (Å²) in [4.78, 5) is 65.2. The topological polar surface area (TPSA) is 162 Å². The number of carbonyl (C=O) groups is 4. The Morgan fingerprint density at radius 3 is 2.47 bits per heavy atom. The number of ether oxygens (including phenoxy) is 3. The molecular formula is C43H59FN4O9S. The Balaban J connectivity index is 1.37. The van der Waals surface area contributed by atoms with Crippen LogP contribution in [-0.2, 0) is 33.9 Å². The molecule has 0 unspecified atom stereocenters. The number of amides is 2. The summed E-state index contributed by atoms with van der Waals surface area (Å²) in [6.45, 7) is 8.24. The van der Waals surface area contributed by atoms with E-state index in [9.17, 15) is 32.0 Å². The number of carbonyl (C=O) groups excluding carboxylic acids is 4. The highest BCUT2D eigenvalue weighted by atomic mass is 32.2. The normalized spacial score (nSPS) is 29.3. The molecule has 6 rings (SSSR count). The Morgan fingerprint density at radius 2 is 1.83 bits per heavy atom. The monoisotopic (exact) mass is 826 g/mol. The number of allylic oxidation sites excluding steroid dienone is 2. The Labute approximate surface area is 341 Å². The first-order valence-corrected chi connectivity index (χ1v) is 21.9. The van der Waals surface area contributed by atoms with Gasteiger partial charge in [-0.3, -0.25) is 23.9 Å². The maximum atomic E-state index is 15.0. The van der Waals surface area contributed by atoms with E-state index in [1.54, 1.807) is 33.9 Å². The first kappa shape index (κ1) is 43.3. The van der Waals surface area contributed by atoms with Crippen LogP contribution in [0.15, 0.2) is 36.4 Å². The number of hydrogen-bond acceptors (Lipinski definition) is 11. The van der Waals surface area contributed by atoms with Crippen molar-refractivity contribution < 1.29 is 46.2 Å². The van der Waals surface area contributed by atoms with E-state index >= 15 is 0 Å². The van der Waals surface area contributed by atoms with Crippen molar-refractivity contribution in [2.75, 3.05) is 39.3 Å². The molecule has 2 aromatic rings. The van der Waals surface area contributed by atoms with Crippen LogP contribution in [0, 0.1) is 29.1 Å². The summed E-state index contributed by atoms with van der Waals surface area (Å²) >= 11 is 0. The Bertz CT molecular complexity index is 2060. The number of alkyl halides is 1. The van der Waals surface area contributed by atoms with Crippen molar-refractivity contribution in [1.82, 2.24) is 14.6 Å². The van der Waals surface area contributed by atoms with Crippen LogP contribution in [0.2, 0.25) is 0 Å². The number of aromatic nitrogens is 1. The fraction of sp³-hybridized carbons (Fsp3) is 0.651. The maximum absolute atomic E-state index is 15.0. The first-order chi connectivity index (χ1) is 27.2. The summed E-state index contributed by atoms with van der Waals surface area (Å²) in [6, 6.07) is 6.36. The predicted octanol–water partition coefficient (Wildman–Crippen LogP) is 5.93. The molecule has 13 nitrogen and oxygen atoms in total. The first-order valence-electron chi connectivity index (χ1n) is 20.4. The number of halogens is 1. The van der Waals surface area contributed by atoms with E-state index in [0.717, 1.165) is 11.8 Å². The number of rotatable bonds is 10. The second-order valence-electron chi connectivity index (χ2n) is 18.3. The van der Waals surface area contributed by atoms with Gasteiger partial charge in [0, 0.05) is 32.3 Å². The van der Waals surface area contributed by atoms with Crippen molar-refractivity contribution in [3.63, 3.8) is 0 Å². The molecule has 318 valence electrons. The number of anilines is 1. The summed E-state index contributed by atoms with van der Waals surface area (Å²) in [5.41, 5.74) is -2.17. The molecule has 1 aromatic heterocycles. The zero-order valence-electron chi connectivity index (χ0n) is 35.0. The molecule has 0 radical (unpaired) electrons. The smallest absolute Gasteiger partial charge is 0.307 e. The number of ketones is 1. The van der Waals surface area contributed by atoms with Gasteiger partial charge in [0.1, 0.15) is 34.7 Å². The zero-order chi connectivity index (χ0) is 42.4. The molecule has 3 heterocycles. The van der Waals surface area contributed by atoms with E-state index < -0.39 is 74.1 Å². The van der Waals surface area contributed by atoms with Gasteiger partial charge in [0.2, 0.25) is 27.7 Å². The van der Waals surface area contributed by atoms with Crippen LogP contribution in [0.25, 0.3) is 10.8 Å². The van der Waals surface area contributed by atoms with Crippen molar-refractivity contribution in [2.45, 2.75) is 115 Å². The predicted molar refractivity (Wildman–Crippen MR) is 218 cm³/mol. The molecular weight excluding hydrogens is 768 g/mol. The number of fused-ring (bicyclic) bond motifs is 3. The van der Waals surface area contributed by atoms with Crippen molar-refractivity contribution in [2.24, 2.45) is 29.1 Å². The second-order valence-corrected chi connectivity index (χ2v) is 20.4. The van der Waals surface area contributed by atoms with Gasteiger partial charge in [0.15, 0.2) is 5.78 Å². The van der Waals surface area contributed by atoms with Gasteiger partial charge in [-0.2, -0.15) is 4.98 Å². The highest BCUT2D eigenvalue weighted by Gasteiger charge is 2.63. The number of hydrogen-bond donors (Lipinski definition) is 1. The Hall–Kier alpha value is -4.27. The molecule has 3 fully saturated rings. The van der Waals surface area contributed by atoms with E-state index in [1.165, 1.54) is 4.90 Å². The third-order valence-corrected chi connectivity index (χ3v) is 14.5. The minimum atomic E-state index is -4.35. The SMILES string of the molecule is COc1ccc2c(O[C@@H]3C[C@H]4C(=O)C[C@]5(C(=O)NS(=O)(=O)C6(CF)CC6)C[C@H]5/C=C\CC[C@H](C)C[C@@H](C)[C@H](CC(=O)OC(C)(C)C)C(=O)N4C3)nc(N(C)C)cc2c1. The molecule has 58 heavy (non-hydrogen) atoms. The van der Waals surface area contributed by atoms with Crippen molar-refractivity contribution in [1.29, 1.82) is 0 Å². The number of benzene rings is 1. The third kappa shape index (κ3) is 9.13. The highest BCUT2D eigenvalue weighted by Crippen LogP contribution is 2.58. The number of methoxy groups -OCH3 is 1. The average molecular weight is 827 g/mol. The number of esters is 1. The Morgan fingerprint density at radius 1 is 1.10 bits per heavy atom. The maximum Gasteiger partial charge on any atom is 0.307 e. The van der Waals surface area contributed by atoms with Gasteiger partial charge in [-0.05, 0) is 107 Å². The van der Waals surface area contributed by atoms with E-state index in [2.05, 4.69) is 11.6 Å². The van der Waals surface area contributed by atoms with Crippen molar-refractivity contribution in [3.8, 4) is 11.6 Å². The lowest BCUT2D eigenvalue weighted by molar-refractivity contribution is -0.160. The lowest BCUT2D eigenvalue weighted by Crippen LogP contribution is -2.48. The molecule has 15 heteroatoms. The molecule has 7 atom stereocenters. The van der Waals surface area contributed by atoms with Gasteiger partial charge in [-0.15, -0.1) is 0 Å². The molecule has 1 saturated heterocycles. The Kier molecular flexibility index (Phi) is 12.3. The molecule has 1 N–H and O–H groups in total. The molecule has 0 bridgehead atoms. The van der Waals surface area contributed by atoms with E-state index in [0.29, 0.717) is 35.7 Å². The molecule has 1 aromatic carbocycles. The van der Waals surface area contributed by atoms with Crippen molar-refractivity contribution in [3.05, 3.63) is 36.4 Å². The summed E-state index contributed by atoms with van der Waals surface area (Å²) in [5.74, 6) is -1.93. The molecule has 2 aliphatic carbocycles. The van der Waals surface area contributed by atoms with E-state index in [1.807, 2.05) is 56.3 Å². The second kappa shape index (κ2) is 16.4. The van der Waals surface area contributed by atoms with Crippen LogP contribution in [0.4, 0.5) is 10.2 Å². The summed E-state index contributed by atoms with van der Waals surface area (Å²) in [5, 5.41) is 1.51. The fourth-order valence-corrected chi connectivity index (χ4v) is 10.0. The minimum absolute atomic E-state index is 0.00375. The number of nitrogens with zero attached hydrogens (tertiary/aromatic N) is 3. The molecule has 2 aliphatic heterocycles. The van der Waals surface area contributed by atoms with Gasteiger partial charge in [0.05, 0.1) is 37.5 Å². The lowest BCUT2D eigenvalue weighted by atomic mass is 9.82. The number of Topliss-reactive ketones (excluding diaryl/α,β-unsaturated/α-hetero) is 1. The number of sulfonamides is 1. The quantitative estimate of drug-likeness (QED) is 0.223. The number of nitrogens with one attached hydrogen (secondary N) is 1. The van der Waals surface area contributed by atoms with Gasteiger partial charge in [0.25, 0.3) is 0 Å². The van der Waals surface area contributed by atoms with E-state index in [-0.39, 0.29) is 62.8 Å². The van der Waals surface area contributed by atoms with Gasteiger partial charge in [-0.25, -0.2) is 12.8 Å². The van der Waals surface area contributed by atoms with Crippen LogP contribution in [0.3, 0.4) is 0 Å². The van der Waals surface area contributed by atoms with Crippen LogP contribution in [-0.4, -0.2) is 98.8 Å². The van der Waals surface area contributed by atoms with Crippen molar-refractivity contribution >= 4 is 50.2 Å². The summed E-state index contributed by atoms with van der Waals surface area (Å²) in [7, 11) is 0.946. The minimum Gasteiger partial charge on any atom is -0.497 e. The molecule has 4 aliphatic rings. The molecule has 0 spiro atoms. The fourth-order valence-electron chi connectivity index (χ4n) is 8.60. The standard InChI is InChI=1S/C43H59FN4O9S/c1-26-11-9-10-12-29-22-43(29,40(52)46-58(53,54)42(25-44)15-16-42)23-35(49)34-20-31(24-48(34)39(51)33(27(2)17-26)21-37(50)57-41(3,4)5)56-38-32-14-13-30(55-8)18-28(32)19-36(45-38)47(6)7/h10,12-14,18-19,26-27,29,31,33-34H,9,11,15-17,20-25H2,1-8H3,(H,46,52)/b12-10-/t26-,27+,29+,31+,33-,34-,43+/m0/s1. The number of pyridine rings is 1. The zero-order valence-corrected chi connectivity index (χ0v) is 35.8. The molecule has 2 saturated carbocycles. The molecule has 2 amide bonds. The van der Waals surface area contributed by atoms with Crippen LogP contribution in [0.1, 0.15) is 92.4 Å². The third-order valence-electron chi connectivity index (χ3n) is 12.3. The van der Waals surface area contributed by atoms with Crippen LogP contribution < -0.4 is 19.1 Å². The summed E-state index contributed by atoms with van der Waals surface area (Å²) < 4.78 is 58.8. The lowest BCUT2D eigenvalue weighted by Gasteiger charge is -2.32. The van der Waals surface area contributed by atoms with Crippen LogP contribution >= 0.6 is 0 Å². The largest absolute Gasteiger partial charge is 0.497 e. The summed E-state index contributed by atoms with van der Waals surface area (Å²) in [6.07, 6.45) is 5.21. The average Bonchev–Trinajstić information content (AvgIpc) is 4.05. The van der Waals surface area contributed by atoms with Crippen LogP contribution in [0.5, 0.6) is 11.6 Å². The highest BCUT2D eigenvalue weighted by molar-refractivity contribution is 7.91. The van der Waals surface area contributed by atoms with E-state index in [4.69, 9.17) is 19.2 Å².